The second-order valence-corrected chi connectivity index (χ2v) is 8.28. The van der Waals surface area contributed by atoms with Gasteiger partial charge in [0.25, 0.3) is 5.91 Å². The number of ether oxygens (including phenoxy) is 2. The summed E-state index contributed by atoms with van der Waals surface area (Å²) in [7, 11) is -3.95. The Bertz CT molecular complexity index is 907. The lowest BCUT2D eigenvalue weighted by molar-refractivity contribution is -0.153. The maximum absolute atomic E-state index is 12.6. The van der Waals surface area contributed by atoms with E-state index in [9.17, 15) is 13.2 Å². The zero-order valence-corrected chi connectivity index (χ0v) is 16.2. The lowest BCUT2D eigenvalue weighted by atomic mass is 9.95. The van der Waals surface area contributed by atoms with Crippen LogP contribution in [0.1, 0.15) is 6.42 Å². The van der Waals surface area contributed by atoms with Gasteiger partial charge in [0.1, 0.15) is 24.0 Å². The fourth-order valence-electron chi connectivity index (χ4n) is 2.92. The van der Waals surface area contributed by atoms with Gasteiger partial charge in [0, 0.05) is 11.4 Å². The largest absolute Gasteiger partial charge is 0.489 e. The number of hydrogen-bond donors (Lipinski definition) is 3. The normalized spacial score (nSPS) is 22.4. The Balaban J connectivity index is 1.83. The summed E-state index contributed by atoms with van der Waals surface area (Å²) in [6.07, 6.45) is -1.63. The molecular formula is C18H19ClN2O6S. The van der Waals surface area contributed by atoms with Crippen LogP contribution >= 0.6 is 11.6 Å². The van der Waals surface area contributed by atoms with Crippen molar-refractivity contribution in [2.75, 3.05) is 6.61 Å². The second kappa shape index (κ2) is 8.89. The van der Waals surface area contributed by atoms with Crippen LogP contribution in [0.4, 0.5) is 0 Å². The number of benzene rings is 2. The van der Waals surface area contributed by atoms with E-state index in [1.54, 1.807) is 47.9 Å². The molecule has 0 radical (unpaired) electrons. The summed E-state index contributed by atoms with van der Waals surface area (Å²) in [6.45, 7) is 0.162. The van der Waals surface area contributed by atoms with Crippen LogP contribution in [0, 0.1) is 5.92 Å². The molecule has 8 nitrogen and oxygen atoms in total. The predicted molar refractivity (Wildman–Crippen MR) is 100 cm³/mol. The van der Waals surface area contributed by atoms with Crippen molar-refractivity contribution in [1.82, 2.24) is 10.2 Å². The van der Waals surface area contributed by atoms with Crippen molar-refractivity contribution in [2.45, 2.75) is 23.6 Å². The van der Waals surface area contributed by atoms with Crippen molar-refractivity contribution < 1.29 is 27.9 Å². The SMILES string of the molecule is O=C(NO)C1C(Oc2ccc(Cl)cc2)CCOC1NS(=O)(=O)c1ccccc1. The van der Waals surface area contributed by atoms with Crippen LogP contribution in [0.25, 0.3) is 0 Å². The van der Waals surface area contributed by atoms with Gasteiger partial charge in [-0.3, -0.25) is 10.0 Å². The van der Waals surface area contributed by atoms with Gasteiger partial charge in [-0.15, -0.1) is 0 Å². The van der Waals surface area contributed by atoms with E-state index in [0.717, 1.165) is 0 Å². The molecule has 2 aromatic rings. The molecule has 0 spiro atoms. The fraction of sp³-hybridized carbons (Fsp3) is 0.278. The maximum atomic E-state index is 12.6. The van der Waals surface area contributed by atoms with Gasteiger partial charge in [-0.25, -0.2) is 13.9 Å². The molecular weight excluding hydrogens is 408 g/mol. The van der Waals surface area contributed by atoms with E-state index in [-0.39, 0.29) is 11.5 Å². The number of hydroxylamine groups is 1. The molecule has 3 rings (SSSR count). The van der Waals surface area contributed by atoms with Gasteiger partial charge in [0.2, 0.25) is 10.0 Å². The van der Waals surface area contributed by atoms with E-state index in [4.69, 9.17) is 26.3 Å². The monoisotopic (exact) mass is 426 g/mol. The maximum Gasteiger partial charge on any atom is 0.254 e. The lowest BCUT2D eigenvalue weighted by Crippen LogP contribution is -2.56. The molecule has 0 bridgehead atoms. The highest BCUT2D eigenvalue weighted by Gasteiger charge is 2.43. The number of hydrogen-bond acceptors (Lipinski definition) is 6. The van der Waals surface area contributed by atoms with Crippen LogP contribution in [0.15, 0.2) is 59.5 Å². The number of rotatable bonds is 6. The summed E-state index contributed by atoms with van der Waals surface area (Å²) < 4.78 is 39.0. The van der Waals surface area contributed by atoms with Crippen molar-refractivity contribution in [1.29, 1.82) is 0 Å². The van der Waals surface area contributed by atoms with Crippen molar-refractivity contribution in [3.8, 4) is 5.75 Å². The molecule has 1 amide bonds. The Labute approximate surface area is 167 Å². The number of carbonyl (C=O) groups excluding carboxylic acids is 1. The lowest BCUT2D eigenvalue weighted by Gasteiger charge is -2.36. The Morgan fingerprint density at radius 3 is 2.46 bits per heavy atom. The Morgan fingerprint density at radius 1 is 1.14 bits per heavy atom. The Morgan fingerprint density at radius 2 is 1.82 bits per heavy atom. The van der Waals surface area contributed by atoms with Gasteiger partial charge < -0.3 is 9.47 Å². The first-order valence-corrected chi connectivity index (χ1v) is 10.3. The Kier molecular flexibility index (Phi) is 6.53. The van der Waals surface area contributed by atoms with Gasteiger partial charge in [0.15, 0.2) is 0 Å². The van der Waals surface area contributed by atoms with Crippen molar-refractivity contribution in [3.05, 3.63) is 59.6 Å². The van der Waals surface area contributed by atoms with Crippen LogP contribution in [-0.2, 0) is 19.6 Å². The quantitative estimate of drug-likeness (QED) is 0.480. The molecule has 1 heterocycles. The van der Waals surface area contributed by atoms with Crippen LogP contribution in [-0.4, -0.2) is 38.5 Å². The number of sulfonamides is 1. The third kappa shape index (κ3) is 4.81. The predicted octanol–water partition coefficient (Wildman–Crippen LogP) is 1.93. The number of amides is 1. The van der Waals surface area contributed by atoms with Crippen LogP contribution in [0.2, 0.25) is 5.02 Å². The van der Waals surface area contributed by atoms with Crippen LogP contribution < -0.4 is 14.9 Å². The van der Waals surface area contributed by atoms with Gasteiger partial charge in [-0.05, 0) is 36.4 Å². The molecule has 150 valence electrons. The highest BCUT2D eigenvalue weighted by Crippen LogP contribution is 2.27. The molecule has 28 heavy (non-hydrogen) atoms. The number of halogens is 1. The minimum atomic E-state index is -3.95. The van der Waals surface area contributed by atoms with E-state index in [1.807, 2.05) is 0 Å². The van der Waals surface area contributed by atoms with Gasteiger partial charge in [-0.1, -0.05) is 29.8 Å². The average Bonchev–Trinajstić information content (AvgIpc) is 2.70. The van der Waals surface area contributed by atoms with E-state index in [0.29, 0.717) is 17.2 Å². The standard InChI is InChI=1S/C18H19ClN2O6S/c19-12-6-8-13(9-7-12)27-15-10-11-26-18(16(15)17(22)20-23)21-28(24,25)14-4-2-1-3-5-14/h1-9,15-16,18,21,23H,10-11H2,(H,20,22). The molecule has 3 unspecified atom stereocenters. The zero-order valence-electron chi connectivity index (χ0n) is 14.6. The minimum absolute atomic E-state index is 0.0301. The van der Waals surface area contributed by atoms with E-state index in [2.05, 4.69) is 4.72 Å². The molecule has 3 N–H and O–H groups in total. The first kappa shape index (κ1) is 20.6. The molecule has 3 atom stereocenters. The summed E-state index contributed by atoms with van der Waals surface area (Å²) in [5.41, 5.74) is 1.56. The third-order valence-electron chi connectivity index (χ3n) is 4.27. The summed E-state index contributed by atoms with van der Waals surface area (Å²) in [4.78, 5) is 12.3. The average molecular weight is 427 g/mol. The van der Waals surface area contributed by atoms with E-state index in [1.165, 1.54) is 12.1 Å². The molecule has 1 aliphatic rings. The zero-order chi connectivity index (χ0) is 20.1. The summed E-state index contributed by atoms with van der Waals surface area (Å²) in [5.74, 6) is -1.48. The highest BCUT2D eigenvalue weighted by molar-refractivity contribution is 7.89. The summed E-state index contributed by atoms with van der Waals surface area (Å²) >= 11 is 5.86. The fourth-order valence-corrected chi connectivity index (χ4v) is 4.22. The van der Waals surface area contributed by atoms with E-state index < -0.39 is 34.2 Å². The van der Waals surface area contributed by atoms with Crippen LogP contribution in [0.3, 0.4) is 0 Å². The first-order valence-electron chi connectivity index (χ1n) is 8.46. The van der Waals surface area contributed by atoms with Crippen LogP contribution in [0.5, 0.6) is 5.75 Å². The van der Waals surface area contributed by atoms with Gasteiger partial charge in [0.05, 0.1) is 11.5 Å². The molecule has 1 aliphatic heterocycles. The molecule has 0 aliphatic carbocycles. The molecule has 1 fully saturated rings. The number of carbonyl (C=O) groups is 1. The molecule has 1 saturated heterocycles. The Hall–Kier alpha value is -2.17. The molecule has 0 saturated carbocycles. The number of nitrogens with one attached hydrogen (secondary N) is 2. The smallest absolute Gasteiger partial charge is 0.254 e. The molecule has 2 aromatic carbocycles. The highest BCUT2D eigenvalue weighted by atomic mass is 35.5. The molecule has 10 heteroatoms. The minimum Gasteiger partial charge on any atom is -0.489 e. The van der Waals surface area contributed by atoms with Gasteiger partial charge in [-0.2, -0.15) is 4.72 Å². The van der Waals surface area contributed by atoms with Crippen molar-refractivity contribution in [2.24, 2.45) is 5.92 Å². The first-order chi connectivity index (χ1) is 13.4. The molecule has 0 aromatic heterocycles. The van der Waals surface area contributed by atoms with E-state index >= 15 is 0 Å². The second-order valence-electron chi connectivity index (χ2n) is 6.13. The van der Waals surface area contributed by atoms with Crippen molar-refractivity contribution in [3.63, 3.8) is 0 Å². The third-order valence-corrected chi connectivity index (χ3v) is 5.95. The van der Waals surface area contributed by atoms with Gasteiger partial charge >= 0.3 is 0 Å². The summed E-state index contributed by atoms with van der Waals surface area (Å²) in [5, 5.41) is 9.66. The van der Waals surface area contributed by atoms with Crippen molar-refractivity contribution >= 4 is 27.5 Å². The summed E-state index contributed by atoms with van der Waals surface area (Å²) in [6, 6.07) is 14.2. The topological polar surface area (TPSA) is 114 Å².